The first kappa shape index (κ1) is 25.2. The van der Waals surface area contributed by atoms with Gasteiger partial charge in [0.05, 0.1) is 13.2 Å². The van der Waals surface area contributed by atoms with Gasteiger partial charge in [-0.1, -0.05) is 58.3 Å². The standard InChI is InChI=1S/C20H40N4O3/c1-3-5-6-7-8-9-10-11-12-15-18(25)24-17(19(26)27-4-2)14-13-16-23-20(21)22/h17H,3-16H2,1-2H3,(H,24,25)(H4,21,22,23)/p+1. The van der Waals surface area contributed by atoms with Crippen molar-refractivity contribution < 1.29 is 19.3 Å². The second kappa shape index (κ2) is 17.6. The van der Waals surface area contributed by atoms with Gasteiger partial charge in [-0.05, 0) is 26.2 Å². The zero-order valence-electron chi connectivity index (χ0n) is 17.4. The predicted molar refractivity (Wildman–Crippen MR) is 109 cm³/mol. The van der Waals surface area contributed by atoms with Crippen LogP contribution in [0, 0.1) is 0 Å². The first-order valence-electron chi connectivity index (χ1n) is 10.6. The summed E-state index contributed by atoms with van der Waals surface area (Å²) in [7, 11) is 0. The molecule has 0 saturated heterocycles. The van der Waals surface area contributed by atoms with Crippen molar-refractivity contribution >= 4 is 17.8 Å². The fourth-order valence-corrected chi connectivity index (χ4v) is 2.89. The second-order valence-electron chi connectivity index (χ2n) is 6.97. The first-order chi connectivity index (χ1) is 13.0. The van der Waals surface area contributed by atoms with Crippen molar-refractivity contribution in [1.29, 1.82) is 0 Å². The summed E-state index contributed by atoms with van der Waals surface area (Å²) in [5, 5.41) is 2.80. The molecule has 0 aliphatic carbocycles. The van der Waals surface area contributed by atoms with Gasteiger partial charge in [-0.3, -0.25) is 21.3 Å². The second-order valence-corrected chi connectivity index (χ2v) is 6.97. The molecule has 1 atom stereocenters. The highest BCUT2D eigenvalue weighted by Crippen LogP contribution is 2.10. The Morgan fingerprint density at radius 2 is 1.52 bits per heavy atom. The number of guanidine groups is 1. The van der Waals surface area contributed by atoms with E-state index in [1.165, 1.54) is 44.9 Å². The van der Waals surface area contributed by atoms with E-state index in [0.29, 0.717) is 32.4 Å². The van der Waals surface area contributed by atoms with Gasteiger partial charge in [0.15, 0.2) is 0 Å². The number of carbonyl (C=O) groups excluding carboxylic acids is 2. The third kappa shape index (κ3) is 16.1. The molecule has 0 rings (SSSR count). The highest BCUT2D eigenvalue weighted by molar-refractivity contribution is 5.84. The molecule has 0 aromatic carbocycles. The number of hydrogen-bond donors (Lipinski definition) is 4. The van der Waals surface area contributed by atoms with Gasteiger partial charge >= 0.3 is 11.9 Å². The molecule has 1 unspecified atom stereocenters. The van der Waals surface area contributed by atoms with Crippen molar-refractivity contribution in [2.75, 3.05) is 13.2 Å². The zero-order valence-corrected chi connectivity index (χ0v) is 17.4. The van der Waals surface area contributed by atoms with Crippen LogP contribution < -0.4 is 21.8 Å². The summed E-state index contributed by atoms with van der Waals surface area (Å²) in [4.78, 5) is 27.0. The lowest BCUT2D eigenvalue weighted by Crippen LogP contribution is -2.78. The Balaban J connectivity index is 3.99. The fourth-order valence-electron chi connectivity index (χ4n) is 2.89. The maximum absolute atomic E-state index is 12.1. The van der Waals surface area contributed by atoms with Gasteiger partial charge in [-0.25, -0.2) is 4.79 Å². The van der Waals surface area contributed by atoms with Crippen molar-refractivity contribution in [2.24, 2.45) is 11.5 Å². The summed E-state index contributed by atoms with van der Waals surface area (Å²) >= 11 is 0. The molecule has 0 fully saturated rings. The number of nitrogens with two attached hydrogens (primary N) is 2. The highest BCUT2D eigenvalue weighted by atomic mass is 16.5. The lowest BCUT2D eigenvalue weighted by Gasteiger charge is -2.16. The van der Waals surface area contributed by atoms with Crippen LogP contribution in [0.1, 0.15) is 90.9 Å². The van der Waals surface area contributed by atoms with Crippen LogP contribution in [0.3, 0.4) is 0 Å². The topological polar surface area (TPSA) is 121 Å². The molecule has 6 N–H and O–H groups in total. The van der Waals surface area contributed by atoms with E-state index in [2.05, 4.69) is 17.2 Å². The van der Waals surface area contributed by atoms with Crippen LogP contribution in [0.5, 0.6) is 0 Å². The molecule has 0 bridgehead atoms. The maximum Gasteiger partial charge on any atom is 0.338 e. The zero-order chi connectivity index (χ0) is 20.3. The van der Waals surface area contributed by atoms with Gasteiger partial charge < -0.3 is 10.1 Å². The van der Waals surface area contributed by atoms with Gasteiger partial charge in [-0.2, -0.15) is 0 Å². The Morgan fingerprint density at radius 1 is 0.926 bits per heavy atom. The molecule has 158 valence electrons. The van der Waals surface area contributed by atoms with Gasteiger partial charge in [0, 0.05) is 6.42 Å². The van der Waals surface area contributed by atoms with Gasteiger partial charge in [-0.15, -0.1) is 0 Å². The van der Waals surface area contributed by atoms with Gasteiger partial charge in [0.25, 0.3) is 0 Å². The van der Waals surface area contributed by atoms with Crippen molar-refractivity contribution in [3.05, 3.63) is 0 Å². The molecular weight excluding hydrogens is 344 g/mol. The minimum atomic E-state index is -0.614. The van der Waals surface area contributed by atoms with E-state index in [0.717, 1.165) is 12.8 Å². The van der Waals surface area contributed by atoms with Crippen LogP contribution in [-0.4, -0.2) is 37.0 Å². The Kier molecular flexibility index (Phi) is 16.4. The third-order valence-electron chi connectivity index (χ3n) is 4.41. The maximum atomic E-state index is 12.1. The molecule has 0 aromatic heterocycles. The molecule has 0 aromatic rings. The summed E-state index contributed by atoms with van der Waals surface area (Å²) in [5.41, 5.74) is 10.7. The van der Waals surface area contributed by atoms with E-state index >= 15 is 0 Å². The van der Waals surface area contributed by atoms with Crippen LogP contribution in [0.2, 0.25) is 0 Å². The van der Waals surface area contributed by atoms with Crippen molar-refractivity contribution in [3.8, 4) is 0 Å². The first-order valence-corrected chi connectivity index (χ1v) is 10.6. The van der Waals surface area contributed by atoms with Gasteiger partial charge in [0.1, 0.15) is 6.04 Å². The molecule has 0 aliphatic rings. The summed E-state index contributed by atoms with van der Waals surface area (Å²) in [5.74, 6) is -0.325. The van der Waals surface area contributed by atoms with Crippen LogP contribution in [-0.2, 0) is 14.3 Å². The number of hydrogen-bond acceptors (Lipinski definition) is 3. The average Bonchev–Trinajstić information content (AvgIpc) is 2.62. The summed E-state index contributed by atoms with van der Waals surface area (Å²) < 4.78 is 5.05. The summed E-state index contributed by atoms with van der Waals surface area (Å²) in [6, 6.07) is -0.614. The van der Waals surface area contributed by atoms with Crippen molar-refractivity contribution in [3.63, 3.8) is 0 Å². The number of carbonyl (C=O) groups is 2. The van der Waals surface area contributed by atoms with E-state index in [-0.39, 0.29) is 17.8 Å². The number of rotatable bonds is 17. The quantitative estimate of drug-likeness (QED) is 0.129. The van der Waals surface area contributed by atoms with Crippen LogP contribution >= 0.6 is 0 Å². The molecule has 1 amide bonds. The minimum Gasteiger partial charge on any atom is -0.464 e. The number of amides is 1. The number of nitrogens with one attached hydrogen (secondary N) is 2. The Hall–Kier alpha value is -1.79. The molecule has 0 aliphatic heterocycles. The molecule has 0 saturated carbocycles. The molecule has 0 heterocycles. The highest BCUT2D eigenvalue weighted by Gasteiger charge is 2.21. The van der Waals surface area contributed by atoms with E-state index in [9.17, 15) is 9.59 Å². The molecule has 27 heavy (non-hydrogen) atoms. The van der Waals surface area contributed by atoms with E-state index < -0.39 is 6.04 Å². The normalized spacial score (nSPS) is 11.6. The molecule has 0 radical (unpaired) electrons. The minimum absolute atomic E-state index is 0.0890. The lowest BCUT2D eigenvalue weighted by atomic mass is 10.1. The van der Waals surface area contributed by atoms with Crippen LogP contribution in [0.25, 0.3) is 0 Å². The molecule has 0 spiro atoms. The summed E-state index contributed by atoms with van der Waals surface area (Å²) in [6.45, 7) is 4.82. The van der Waals surface area contributed by atoms with E-state index in [1.807, 2.05) is 0 Å². The van der Waals surface area contributed by atoms with Crippen molar-refractivity contribution in [1.82, 2.24) is 5.32 Å². The Labute approximate surface area is 164 Å². The molecular formula is C20H41N4O3+. The number of ether oxygens (including phenoxy) is 1. The molecule has 7 heteroatoms. The average molecular weight is 386 g/mol. The third-order valence-corrected chi connectivity index (χ3v) is 4.41. The largest absolute Gasteiger partial charge is 0.464 e. The number of unbranched alkanes of at least 4 members (excludes halogenated alkanes) is 8. The van der Waals surface area contributed by atoms with E-state index in [4.69, 9.17) is 16.2 Å². The fraction of sp³-hybridized carbons (Fsp3) is 0.850. The SMILES string of the molecule is CCCCCCCCCCCC(=O)NC(CCC[NH+]=C(N)N)C(=O)OCC. The Morgan fingerprint density at radius 3 is 2.07 bits per heavy atom. The smallest absolute Gasteiger partial charge is 0.338 e. The summed E-state index contributed by atoms with van der Waals surface area (Å²) in [6.07, 6.45) is 12.5. The lowest BCUT2D eigenvalue weighted by molar-refractivity contribution is -0.459. The number of esters is 1. The molecule has 7 nitrogen and oxygen atoms in total. The van der Waals surface area contributed by atoms with Crippen LogP contribution in [0.15, 0.2) is 0 Å². The van der Waals surface area contributed by atoms with E-state index in [1.54, 1.807) is 6.92 Å². The van der Waals surface area contributed by atoms with Gasteiger partial charge in [0.2, 0.25) is 5.91 Å². The monoisotopic (exact) mass is 385 g/mol. The Bertz CT molecular complexity index is 423. The predicted octanol–water partition coefficient (Wildman–Crippen LogP) is 1.09. The van der Waals surface area contributed by atoms with Crippen molar-refractivity contribution in [2.45, 2.75) is 96.9 Å². The van der Waals surface area contributed by atoms with Crippen LogP contribution in [0.4, 0.5) is 0 Å².